The van der Waals surface area contributed by atoms with E-state index in [-0.39, 0.29) is 0 Å². The first-order chi connectivity index (χ1) is 9.52. The minimum Gasteiger partial charge on any atom is -0.328 e. The van der Waals surface area contributed by atoms with Crippen molar-refractivity contribution >= 4 is 11.0 Å². The van der Waals surface area contributed by atoms with Gasteiger partial charge in [0.25, 0.3) is 0 Å². The highest BCUT2D eigenvalue weighted by atomic mass is 15.1. The Morgan fingerprint density at radius 2 is 1.85 bits per heavy atom. The molecule has 0 amide bonds. The van der Waals surface area contributed by atoms with Crippen molar-refractivity contribution in [3.63, 3.8) is 0 Å². The Hall–Kier alpha value is -1.35. The molecule has 2 rings (SSSR count). The second-order valence-corrected chi connectivity index (χ2v) is 6.05. The molecule has 2 aromatic rings. The van der Waals surface area contributed by atoms with E-state index in [4.69, 9.17) is 4.98 Å². The minimum absolute atomic E-state index is 0.500. The number of hydrogen-bond donors (Lipinski definition) is 1. The summed E-state index contributed by atoms with van der Waals surface area (Å²) in [6.45, 7) is 12.1. The van der Waals surface area contributed by atoms with Gasteiger partial charge in [0.05, 0.1) is 11.0 Å². The summed E-state index contributed by atoms with van der Waals surface area (Å²) in [5.74, 6) is 1.78. The Morgan fingerprint density at radius 1 is 1.15 bits per heavy atom. The van der Waals surface area contributed by atoms with Gasteiger partial charge in [-0.25, -0.2) is 4.98 Å². The van der Waals surface area contributed by atoms with Crippen LogP contribution in [0.5, 0.6) is 0 Å². The third-order valence-corrected chi connectivity index (χ3v) is 4.00. The molecule has 0 aliphatic carbocycles. The molecule has 2 unspecified atom stereocenters. The normalized spacial score (nSPS) is 14.9. The maximum absolute atomic E-state index is 4.82. The SMILES string of the molecule is CCn1c(CC(C)C(C)NC(C)C)nc2ccccc21. The second kappa shape index (κ2) is 6.40. The number of aryl methyl sites for hydroxylation is 1. The number of imidazole rings is 1. The number of benzene rings is 1. The van der Waals surface area contributed by atoms with E-state index in [0.29, 0.717) is 18.0 Å². The van der Waals surface area contributed by atoms with Crippen molar-refractivity contribution in [1.82, 2.24) is 14.9 Å². The first-order valence-electron chi connectivity index (χ1n) is 7.73. The number of fused-ring (bicyclic) bond motifs is 1. The molecule has 20 heavy (non-hydrogen) atoms. The fourth-order valence-corrected chi connectivity index (χ4v) is 2.79. The number of aromatic nitrogens is 2. The van der Waals surface area contributed by atoms with Crippen molar-refractivity contribution in [1.29, 1.82) is 0 Å². The van der Waals surface area contributed by atoms with Crippen LogP contribution in [-0.4, -0.2) is 21.6 Å². The van der Waals surface area contributed by atoms with Crippen molar-refractivity contribution in [2.45, 2.75) is 59.7 Å². The molecule has 0 spiro atoms. The molecule has 2 atom stereocenters. The zero-order valence-electron chi connectivity index (χ0n) is 13.4. The molecule has 0 radical (unpaired) electrons. The highest BCUT2D eigenvalue weighted by molar-refractivity contribution is 5.75. The molecular weight excluding hydrogens is 246 g/mol. The van der Waals surface area contributed by atoms with Gasteiger partial charge in [0.1, 0.15) is 5.82 Å². The average molecular weight is 273 g/mol. The van der Waals surface area contributed by atoms with Gasteiger partial charge in [0, 0.05) is 25.0 Å². The molecule has 0 aliphatic heterocycles. The summed E-state index contributed by atoms with van der Waals surface area (Å²) in [5.41, 5.74) is 2.36. The summed E-state index contributed by atoms with van der Waals surface area (Å²) in [7, 11) is 0. The lowest BCUT2D eigenvalue weighted by Gasteiger charge is -2.23. The smallest absolute Gasteiger partial charge is 0.110 e. The summed E-state index contributed by atoms with van der Waals surface area (Å²) < 4.78 is 2.34. The van der Waals surface area contributed by atoms with E-state index in [0.717, 1.165) is 18.5 Å². The van der Waals surface area contributed by atoms with Crippen molar-refractivity contribution in [2.24, 2.45) is 5.92 Å². The Balaban J connectivity index is 2.20. The number of hydrogen-bond acceptors (Lipinski definition) is 2. The van der Waals surface area contributed by atoms with Gasteiger partial charge in [-0.15, -0.1) is 0 Å². The molecule has 0 saturated heterocycles. The van der Waals surface area contributed by atoms with Gasteiger partial charge in [-0.05, 0) is 31.9 Å². The van der Waals surface area contributed by atoms with Gasteiger partial charge in [0.15, 0.2) is 0 Å². The van der Waals surface area contributed by atoms with E-state index in [9.17, 15) is 0 Å². The molecule has 3 nitrogen and oxygen atoms in total. The van der Waals surface area contributed by atoms with Crippen LogP contribution in [0.4, 0.5) is 0 Å². The maximum Gasteiger partial charge on any atom is 0.110 e. The summed E-state index contributed by atoms with van der Waals surface area (Å²) in [6, 6.07) is 9.44. The number of nitrogens with zero attached hydrogens (tertiary/aromatic N) is 2. The lowest BCUT2D eigenvalue weighted by atomic mass is 9.98. The zero-order valence-corrected chi connectivity index (χ0v) is 13.4. The van der Waals surface area contributed by atoms with E-state index in [1.807, 2.05) is 0 Å². The van der Waals surface area contributed by atoms with Crippen LogP contribution >= 0.6 is 0 Å². The number of rotatable bonds is 6. The van der Waals surface area contributed by atoms with E-state index < -0.39 is 0 Å². The van der Waals surface area contributed by atoms with Crippen LogP contribution in [-0.2, 0) is 13.0 Å². The fraction of sp³-hybridized carbons (Fsp3) is 0.588. The summed E-state index contributed by atoms with van der Waals surface area (Å²) in [6.07, 6.45) is 1.02. The Morgan fingerprint density at radius 3 is 2.50 bits per heavy atom. The zero-order chi connectivity index (χ0) is 14.7. The average Bonchev–Trinajstić information content (AvgIpc) is 2.74. The third-order valence-electron chi connectivity index (χ3n) is 4.00. The van der Waals surface area contributed by atoms with Crippen molar-refractivity contribution in [3.8, 4) is 0 Å². The van der Waals surface area contributed by atoms with Crippen molar-refractivity contribution in [2.75, 3.05) is 0 Å². The lowest BCUT2D eigenvalue weighted by Crippen LogP contribution is -2.38. The highest BCUT2D eigenvalue weighted by Gasteiger charge is 2.17. The van der Waals surface area contributed by atoms with Crippen molar-refractivity contribution in [3.05, 3.63) is 30.1 Å². The molecule has 1 aromatic heterocycles. The van der Waals surface area contributed by atoms with Gasteiger partial charge in [-0.3, -0.25) is 0 Å². The molecule has 110 valence electrons. The van der Waals surface area contributed by atoms with Crippen molar-refractivity contribution < 1.29 is 0 Å². The maximum atomic E-state index is 4.82. The second-order valence-electron chi connectivity index (χ2n) is 6.05. The van der Waals surface area contributed by atoms with Crippen LogP contribution in [0.15, 0.2) is 24.3 Å². The van der Waals surface area contributed by atoms with Gasteiger partial charge in [-0.2, -0.15) is 0 Å². The van der Waals surface area contributed by atoms with E-state index in [1.54, 1.807) is 0 Å². The summed E-state index contributed by atoms with van der Waals surface area (Å²) in [5, 5.41) is 3.60. The van der Waals surface area contributed by atoms with E-state index in [1.165, 1.54) is 11.3 Å². The molecule has 0 saturated carbocycles. The fourth-order valence-electron chi connectivity index (χ4n) is 2.79. The largest absolute Gasteiger partial charge is 0.328 e. The van der Waals surface area contributed by atoms with Crippen LogP contribution in [0, 0.1) is 5.92 Å². The molecule has 0 aliphatic rings. The number of nitrogens with one attached hydrogen (secondary N) is 1. The Labute approximate surface area is 122 Å². The van der Waals surface area contributed by atoms with Gasteiger partial charge in [0.2, 0.25) is 0 Å². The highest BCUT2D eigenvalue weighted by Crippen LogP contribution is 2.19. The van der Waals surface area contributed by atoms with Crippen LogP contribution in [0.1, 0.15) is 40.4 Å². The molecule has 0 bridgehead atoms. The summed E-state index contributed by atoms with van der Waals surface area (Å²) >= 11 is 0. The quantitative estimate of drug-likeness (QED) is 0.871. The topological polar surface area (TPSA) is 29.9 Å². The predicted octanol–water partition coefficient (Wildman–Crippen LogP) is 3.62. The van der Waals surface area contributed by atoms with Gasteiger partial charge in [-0.1, -0.05) is 32.9 Å². The van der Waals surface area contributed by atoms with Crippen LogP contribution in [0.25, 0.3) is 11.0 Å². The molecular formula is C17H27N3. The molecule has 1 N–H and O–H groups in total. The molecule has 0 fully saturated rings. The monoisotopic (exact) mass is 273 g/mol. The predicted molar refractivity (Wildman–Crippen MR) is 86.0 cm³/mol. The van der Waals surface area contributed by atoms with Crippen LogP contribution in [0.3, 0.4) is 0 Å². The molecule has 3 heteroatoms. The summed E-state index contributed by atoms with van der Waals surface area (Å²) in [4.78, 5) is 4.82. The van der Waals surface area contributed by atoms with Crippen LogP contribution < -0.4 is 5.32 Å². The standard InChI is InChI=1S/C17H27N3/c1-6-20-16-10-8-7-9-15(16)19-17(20)11-13(4)14(5)18-12(2)3/h7-10,12-14,18H,6,11H2,1-5H3. The minimum atomic E-state index is 0.500. The Kier molecular flexibility index (Phi) is 4.81. The van der Waals surface area contributed by atoms with E-state index >= 15 is 0 Å². The number of para-hydroxylation sites is 2. The van der Waals surface area contributed by atoms with Crippen LogP contribution in [0.2, 0.25) is 0 Å². The van der Waals surface area contributed by atoms with Gasteiger partial charge < -0.3 is 9.88 Å². The first-order valence-corrected chi connectivity index (χ1v) is 7.73. The Bertz CT molecular complexity index is 556. The van der Waals surface area contributed by atoms with E-state index in [2.05, 4.69) is 68.8 Å². The molecule has 1 aromatic carbocycles. The first kappa shape index (κ1) is 15.0. The molecule has 1 heterocycles. The third kappa shape index (κ3) is 3.21. The lowest BCUT2D eigenvalue weighted by molar-refractivity contribution is 0.364. The van der Waals surface area contributed by atoms with Gasteiger partial charge >= 0.3 is 0 Å².